The van der Waals surface area contributed by atoms with Gasteiger partial charge in [-0.3, -0.25) is 4.79 Å². The van der Waals surface area contributed by atoms with Gasteiger partial charge in [-0.1, -0.05) is 29.8 Å². The molecule has 1 amide bonds. The Kier molecular flexibility index (Phi) is 5.83. The smallest absolute Gasteiger partial charge is 0.224 e. The Balaban J connectivity index is 1.65. The fourth-order valence-corrected chi connectivity index (χ4v) is 3.50. The van der Waals surface area contributed by atoms with E-state index in [1.807, 2.05) is 30.3 Å². The van der Waals surface area contributed by atoms with Crippen molar-refractivity contribution in [1.82, 2.24) is 20.2 Å². The van der Waals surface area contributed by atoms with Crippen molar-refractivity contribution in [2.24, 2.45) is 5.92 Å². The maximum Gasteiger partial charge on any atom is 0.224 e. The Labute approximate surface area is 155 Å². The molecule has 1 aromatic carbocycles. The lowest BCUT2D eigenvalue weighted by molar-refractivity contribution is -0.121. The number of nitrogens with one attached hydrogen (secondary N) is 1. The first-order chi connectivity index (χ1) is 12.5. The number of carbonyl (C=O) groups is 1. The van der Waals surface area contributed by atoms with Crippen LogP contribution in [0.3, 0.4) is 0 Å². The molecule has 2 atom stereocenters. The first-order valence-corrected chi connectivity index (χ1v) is 9.02. The van der Waals surface area contributed by atoms with Crippen molar-refractivity contribution in [1.29, 1.82) is 0 Å². The highest BCUT2D eigenvalue weighted by atomic mass is 16.1. The second-order valence-corrected chi connectivity index (χ2v) is 7.33. The van der Waals surface area contributed by atoms with Crippen LogP contribution in [0.5, 0.6) is 0 Å². The Morgan fingerprint density at radius 2 is 2.00 bits per heavy atom. The van der Waals surface area contributed by atoms with Crippen LogP contribution in [0.4, 0.5) is 5.82 Å². The van der Waals surface area contributed by atoms with Crippen LogP contribution in [0.25, 0.3) is 0 Å². The SMILES string of the molecule is Cc1ccc(CC(=O)N[C@@H]2CN(c3ccncn3)C[C@H]2CN(C)C)cc1. The molecule has 1 aliphatic rings. The lowest BCUT2D eigenvalue weighted by Gasteiger charge is -2.22. The number of anilines is 1. The fourth-order valence-electron chi connectivity index (χ4n) is 3.50. The van der Waals surface area contributed by atoms with Crippen molar-refractivity contribution >= 4 is 11.7 Å². The molecule has 3 rings (SSSR count). The molecule has 1 fully saturated rings. The van der Waals surface area contributed by atoms with Gasteiger partial charge < -0.3 is 15.1 Å². The molecule has 1 aromatic heterocycles. The standard InChI is InChI=1S/C20H27N5O/c1-15-4-6-16(7-5-15)10-20(26)23-18-13-25(12-17(18)11-24(2)3)19-8-9-21-14-22-19/h4-9,14,17-18H,10-13H2,1-3H3,(H,23,26)/t17-,18-/m1/s1. The Morgan fingerprint density at radius 3 is 2.65 bits per heavy atom. The Bertz CT molecular complexity index is 717. The number of rotatable bonds is 6. The van der Waals surface area contributed by atoms with Gasteiger partial charge in [0.15, 0.2) is 0 Å². The molecule has 0 radical (unpaired) electrons. The van der Waals surface area contributed by atoms with Crippen LogP contribution in [0.2, 0.25) is 0 Å². The van der Waals surface area contributed by atoms with Gasteiger partial charge in [-0.15, -0.1) is 0 Å². The Hall–Kier alpha value is -2.47. The predicted octanol–water partition coefficient (Wildman–Crippen LogP) is 1.51. The van der Waals surface area contributed by atoms with Crippen LogP contribution in [-0.4, -0.2) is 60.5 Å². The number of hydrogen-bond donors (Lipinski definition) is 1. The molecule has 2 heterocycles. The predicted molar refractivity (Wildman–Crippen MR) is 103 cm³/mol. The third-order valence-corrected chi connectivity index (χ3v) is 4.76. The summed E-state index contributed by atoms with van der Waals surface area (Å²) in [5.41, 5.74) is 2.25. The molecule has 0 saturated carbocycles. The van der Waals surface area contributed by atoms with Crippen LogP contribution in [-0.2, 0) is 11.2 Å². The van der Waals surface area contributed by atoms with E-state index >= 15 is 0 Å². The fraction of sp³-hybridized carbons (Fsp3) is 0.450. The van der Waals surface area contributed by atoms with Gasteiger partial charge in [0.05, 0.1) is 12.5 Å². The quantitative estimate of drug-likeness (QED) is 0.853. The van der Waals surface area contributed by atoms with Crippen molar-refractivity contribution in [3.63, 3.8) is 0 Å². The van der Waals surface area contributed by atoms with Crippen LogP contribution in [0.15, 0.2) is 42.9 Å². The second kappa shape index (κ2) is 8.27. The Morgan fingerprint density at radius 1 is 1.23 bits per heavy atom. The van der Waals surface area contributed by atoms with Crippen LogP contribution in [0, 0.1) is 12.8 Å². The van der Waals surface area contributed by atoms with E-state index in [1.165, 1.54) is 5.56 Å². The molecule has 6 heteroatoms. The molecule has 1 saturated heterocycles. The lowest BCUT2D eigenvalue weighted by atomic mass is 10.0. The molecule has 138 valence electrons. The molecule has 2 aromatic rings. The summed E-state index contributed by atoms with van der Waals surface area (Å²) >= 11 is 0. The lowest BCUT2D eigenvalue weighted by Crippen LogP contribution is -2.44. The monoisotopic (exact) mass is 353 g/mol. The molecule has 6 nitrogen and oxygen atoms in total. The normalized spacial score (nSPS) is 19.8. The summed E-state index contributed by atoms with van der Waals surface area (Å²) in [5, 5.41) is 3.25. The molecule has 0 bridgehead atoms. The van der Waals surface area contributed by atoms with Gasteiger partial charge >= 0.3 is 0 Å². The maximum atomic E-state index is 12.6. The number of aromatic nitrogens is 2. The molecular weight excluding hydrogens is 326 g/mol. The first kappa shape index (κ1) is 18.3. The first-order valence-electron chi connectivity index (χ1n) is 9.02. The van der Waals surface area contributed by atoms with Crippen LogP contribution < -0.4 is 10.2 Å². The van der Waals surface area contributed by atoms with Gasteiger partial charge in [0, 0.05) is 31.7 Å². The number of carbonyl (C=O) groups excluding carboxylic acids is 1. The minimum Gasteiger partial charge on any atom is -0.354 e. The van der Waals surface area contributed by atoms with E-state index in [-0.39, 0.29) is 11.9 Å². The summed E-state index contributed by atoms with van der Waals surface area (Å²) in [5.74, 6) is 1.35. The third-order valence-electron chi connectivity index (χ3n) is 4.76. The van der Waals surface area contributed by atoms with E-state index in [0.29, 0.717) is 12.3 Å². The largest absolute Gasteiger partial charge is 0.354 e. The van der Waals surface area contributed by atoms with Crippen molar-refractivity contribution in [2.75, 3.05) is 38.6 Å². The molecule has 1 N–H and O–H groups in total. The zero-order valence-corrected chi connectivity index (χ0v) is 15.7. The molecule has 26 heavy (non-hydrogen) atoms. The second-order valence-electron chi connectivity index (χ2n) is 7.33. The third kappa shape index (κ3) is 4.79. The molecule has 0 aliphatic carbocycles. The highest BCUT2D eigenvalue weighted by Crippen LogP contribution is 2.22. The number of hydrogen-bond acceptors (Lipinski definition) is 5. The van der Waals surface area contributed by atoms with Crippen molar-refractivity contribution in [2.45, 2.75) is 19.4 Å². The molecule has 0 spiro atoms. The van der Waals surface area contributed by atoms with E-state index in [4.69, 9.17) is 0 Å². The topological polar surface area (TPSA) is 61.4 Å². The van der Waals surface area contributed by atoms with Gasteiger partial charge in [0.25, 0.3) is 0 Å². The van der Waals surface area contributed by atoms with Crippen LogP contribution >= 0.6 is 0 Å². The number of nitrogens with zero attached hydrogens (tertiary/aromatic N) is 4. The minimum atomic E-state index is 0.0761. The van der Waals surface area contributed by atoms with Gasteiger partial charge in [0.1, 0.15) is 12.1 Å². The van der Waals surface area contributed by atoms with E-state index in [9.17, 15) is 4.79 Å². The number of amides is 1. The van der Waals surface area contributed by atoms with Crippen molar-refractivity contribution in [3.8, 4) is 0 Å². The molecule has 1 aliphatic heterocycles. The molecular formula is C20H27N5O. The average molecular weight is 353 g/mol. The summed E-state index contributed by atoms with van der Waals surface area (Å²) in [6, 6.07) is 10.2. The zero-order chi connectivity index (χ0) is 18.5. The van der Waals surface area contributed by atoms with Crippen molar-refractivity contribution in [3.05, 3.63) is 54.0 Å². The number of aryl methyl sites for hydroxylation is 1. The zero-order valence-electron chi connectivity index (χ0n) is 15.7. The van der Waals surface area contributed by atoms with Gasteiger partial charge in [-0.05, 0) is 32.6 Å². The van der Waals surface area contributed by atoms with E-state index < -0.39 is 0 Å². The summed E-state index contributed by atoms with van der Waals surface area (Å²) in [6.45, 7) is 4.63. The van der Waals surface area contributed by atoms with Gasteiger partial charge in [-0.25, -0.2) is 9.97 Å². The van der Waals surface area contributed by atoms with E-state index in [1.54, 1.807) is 12.5 Å². The number of benzene rings is 1. The average Bonchev–Trinajstić information content (AvgIpc) is 2.99. The summed E-state index contributed by atoms with van der Waals surface area (Å²) in [7, 11) is 4.14. The van der Waals surface area contributed by atoms with E-state index in [0.717, 1.165) is 31.0 Å². The van der Waals surface area contributed by atoms with Crippen LogP contribution in [0.1, 0.15) is 11.1 Å². The van der Waals surface area contributed by atoms with Crippen molar-refractivity contribution < 1.29 is 4.79 Å². The summed E-state index contributed by atoms with van der Waals surface area (Å²) in [4.78, 5) is 25.3. The maximum absolute atomic E-state index is 12.6. The van der Waals surface area contributed by atoms with Gasteiger partial charge in [0.2, 0.25) is 5.91 Å². The summed E-state index contributed by atoms with van der Waals surface area (Å²) in [6.07, 6.45) is 3.74. The van der Waals surface area contributed by atoms with E-state index in [2.05, 4.69) is 46.1 Å². The molecule has 0 unspecified atom stereocenters. The highest BCUT2D eigenvalue weighted by Gasteiger charge is 2.34. The minimum absolute atomic E-state index is 0.0761. The highest BCUT2D eigenvalue weighted by molar-refractivity contribution is 5.79. The summed E-state index contributed by atoms with van der Waals surface area (Å²) < 4.78 is 0. The van der Waals surface area contributed by atoms with Gasteiger partial charge in [-0.2, -0.15) is 0 Å².